The van der Waals surface area contributed by atoms with Gasteiger partial charge in [0.25, 0.3) is 0 Å². The van der Waals surface area contributed by atoms with Gasteiger partial charge in [0.1, 0.15) is 0 Å². The van der Waals surface area contributed by atoms with E-state index in [4.69, 9.17) is 11.6 Å². The van der Waals surface area contributed by atoms with Crippen LogP contribution >= 0.6 is 11.6 Å². The molecule has 0 heterocycles. The largest absolute Gasteiger partial charge is 0.387 e. The van der Waals surface area contributed by atoms with E-state index in [1.165, 1.54) is 6.42 Å². The van der Waals surface area contributed by atoms with Gasteiger partial charge < -0.3 is 10.4 Å². The van der Waals surface area contributed by atoms with E-state index < -0.39 is 6.10 Å². The van der Waals surface area contributed by atoms with Gasteiger partial charge in [-0.2, -0.15) is 0 Å². The number of halogens is 1. The van der Waals surface area contributed by atoms with Gasteiger partial charge in [0.05, 0.1) is 6.10 Å². The van der Waals surface area contributed by atoms with E-state index >= 15 is 0 Å². The number of hydrogen-bond donors (Lipinski definition) is 2. The van der Waals surface area contributed by atoms with Crippen molar-refractivity contribution in [3.63, 3.8) is 0 Å². The highest BCUT2D eigenvalue weighted by Crippen LogP contribution is 2.50. The molecular weight excluding hydrogens is 234 g/mol. The minimum Gasteiger partial charge on any atom is -0.387 e. The molecule has 2 nitrogen and oxygen atoms in total. The third-order valence-electron chi connectivity index (χ3n) is 3.71. The van der Waals surface area contributed by atoms with Crippen molar-refractivity contribution in [1.29, 1.82) is 0 Å². The van der Waals surface area contributed by atoms with Crippen LogP contribution in [0.5, 0.6) is 0 Å². The molecule has 17 heavy (non-hydrogen) atoms. The minimum absolute atomic E-state index is 0.488. The Balaban J connectivity index is 1.78. The molecule has 0 radical (unpaired) electrons. The average molecular weight is 254 g/mol. The van der Waals surface area contributed by atoms with Gasteiger partial charge in [-0.1, -0.05) is 43.6 Å². The predicted octanol–water partition coefficient (Wildman–Crippen LogP) is 3.01. The van der Waals surface area contributed by atoms with Crippen LogP contribution < -0.4 is 5.32 Å². The molecular formula is C14H20ClNO. The van der Waals surface area contributed by atoms with Gasteiger partial charge in [-0.15, -0.1) is 0 Å². The summed E-state index contributed by atoms with van der Waals surface area (Å²) in [7, 11) is 0. The quantitative estimate of drug-likeness (QED) is 0.846. The van der Waals surface area contributed by atoms with Crippen LogP contribution in [0, 0.1) is 11.3 Å². The smallest absolute Gasteiger partial charge is 0.0928 e. The molecule has 1 aliphatic rings. The van der Waals surface area contributed by atoms with Crippen LogP contribution in [0.15, 0.2) is 24.3 Å². The van der Waals surface area contributed by atoms with Crippen molar-refractivity contribution < 1.29 is 5.11 Å². The molecule has 2 unspecified atom stereocenters. The molecule has 94 valence electrons. The first-order valence-electron chi connectivity index (χ1n) is 6.14. The molecule has 2 N–H and O–H groups in total. The van der Waals surface area contributed by atoms with Crippen molar-refractivity contribution >= 4 is 11.6 Å². The zero-order valence-corrected chi connectivity index (χ0v) is 11.2. The number of aliphatic hydroxyl groups excluding tert-OH is 1. The lowest BCUT2D eigenvalue weighted by Crippen LogP contribution is -2.24. The van der Waals surface area contributed by atoms with E-state index in [9.17, 15) is 5.11 Å². The highest BCUT2D eigenvalue weighted by atomic mass is 35.5. The van der Waals surface area contributed by atoms with Crippen molar-refractivity contribution in [3.05, 3.63) is 34.9 Å². The van der Waals surface area contributed by atoms with Crippen molar-refractivity contribution in [2.75, 3.05) is 13.1 Å². The Hall–Kier alpha value is -0.570. The van der Waals surface area contributed by atoms with Gasteiger partial charge in [-0.25, -0.2) is 0 Å². The van der Waals surface area contributed by atoms with Crippen LogP contribution in [0.2, 0.25) is 5.02 Å². The maximum Gasteiger partial charge on any atom is 0.0928 e. The number of nitrogens with one attached hydrogen (secondary N) is 1. The molecule has 0 saturated heterocycles. The maximum absolute atomic E-state index is 10.0. The highest BCUT2D eigenvalue weighted by Gasteiger charge is 2.44. The Morgan fingerprint density at radius 2 is 2.12 bits per heavy atom. The summed E-state index contributed by atoms with van der Waals surface area (Å²) in [5, 5.41) is 14.0. The summed E-state index contributed by atoms with van der Waals surface area (Å²) in [5.41, 5.74) is 1.29. The molecule has 1 saturated carbocycles. The molecule has 1 fully saturated rings. The molecule has 0 aromatic heterocycles. The lowest BCUT2D eigenvalue weighted by molar-refractivity contribution is 0.174. The highest BCUT2D eigenvalue weighted by molar-refractivity contribution is 6.31. The lowest BCUT2D eigenvalue weighted by Gasteiger charge is -2.14. The Morgan fingerprint density at radius 1 is 1.47 bits per heavy atom. The zero-order valence-electron chi connectivity index (χ0n) is 10.4. The second kappa shape index (κ2) is 4.97. The molecule has 2 rings (SSSR count). The summed E-state index contributed by atoms with van der Waals surface area (Å²) in [5.74, 6) is 0.751. The van der Waals surface area contributed by atoms with Crippen LogP contribution in [0.4, 0.5) is 0 Å². The molecule has 0 spiro atoms. The fourth-order valence-corrected chi connectivity index (χ4v) is 2.44. The number of hydrogen-bond acceptors (Lipinski definition) is 2. The molecule has 3 heteroatoms. The van der Waals surface area contributed by atoms with E-state index in [0.29, 0.717) is 17.0 Å². The van der Waals surface area contributed by atoms with Crippen LogP contribution in [-0.4, -0.2) is 18.2 Å². The van der Waals surface area contributed by atoms with E-state index in [-0.39, 0.29) is 0 Å². The van der Waals surface area contributed by atoms with E-state index in [1.54, 1.807) is 0 Å². The van der Waals surface area contributed by atoms with Gasteiger partial charge in [-0.05, 0) is 30.4 Å². The SMILES string of the molecule is CC1(C)CC1CNCC(O)c1ccccc1Cl. The first kappa shape index (κ1) is 12.9. The summed E-state index contributed by atoms with van der Waals surface area (Å²) in [4.78, 5) is 0. The second-order valence-electron chi connectivity index (χ2n) is 5.59. The van der Waals surface area contributed by atoms with Crippen LogP contribution in [0.25, 0.3) is 0 Å². The van der Waals surface area contributed by atoms with Crippen LogP contribution in [0.1, 0.15) is 31.9 Å². The summed E-state index contributed by atoms with van der Waals surface area (Å²) >= 11 is 6.03. The lowest BCUT2D eigenvalue weighted by atomic mass is 10.1. The Morgan fingerprint density at radius 3 is 2.71 bits per heavy atom. The molecule has 0 bridgehead atoms. The van der Waals surface area contributed by atoms with Gasteiger partial charge in [-0.3, -0.25) is 0 Å². The van der Waals surface area contributed by atoms with E-state index in [1.807, 2.05) is 24.3 Å². The molecule has 1 aliphatic carbocycles. The minimum atomic E-state index is -0.523. The van der Waals surface area contributed by atoms with E-state index in [2.05, 4.69) is 19.2 Å². The summed E-state index contributed by atoms with van der Waals surface area (Å²) in [6, 6.07) is 7.45. The first-order chi connectivity index (χ1) is 8.00. The topological polar surface area (TPSA) is 32.3 Å². The third-order valence-corrected chi connectivity index (χ3v) is 4.05. The Bertz CT molecular complexity index is 392. The van der Waals surface area contributed by atoms with Crippen molar-refractivity contribution in [2.45, 2.75) is 26.4 Å². The zero-order chi connectivity index (χ0) is 12.5. The molecule has 2 atom stereocenters. The first-order valence-corrected chi connectivity index (χ1v) is 6.52. The molecule has 0 aliphatic heterocycles. The molecule has 0 amide bonds. The fourth-order valence-electron chi connectivity index (χ4n) is 2.17. The molecule has 1 aromatic carbocycles. The van der Waals surface area contributed by atoms with Crippen molar-refractivity contribution in [3.8, 4) is 0 Å². The van der Waals surface area contributed by atoms with Crippen LogP contribution in [-0.2, 0) is 0 Å². The average Bonchev–Trinajstić information content (AvgIpc) is 2.87. The fraction of sp³-hybridized carbons (Fsp3) is 0.571. The van der Waals surface area contributed by atoms with E-state index in [0.717, 1.165) is 18.0 Å². The number of rotatable bonds is 5. The third kappa shape index (κ3) is 3.21. The Labute approximate surface area is 108 Å². The standard InChI is InChI=1S/C14H20ClNO/c1-14(2)7-10(14)8-16-9-13(17)11-5-3-4-6-12(11)15/h3-6,10,13,16-17H,7-9H2,1-2H3. The van der Waals surface area contributed by atoms with Gasteiger partial charge in [0, 0.05) is 17.1 Å². The van der Waals surface area contributed by atoms with Gasteiger partial charge >= 0.3 is 0 Å². The Kier molecular flexibility index (Phi) is 3.76. The number of aliphatic hydroxyl groups is 1. The normalized spacial score (nSPS) is 23.4. The van der Waals surface area contributed by atoms with Gasteiger partial charge in [0.15, 0.2) is 0 Å². The monoisotopic (exact) mass is 253 g/mol. The van der Waals surface area contributed by atoms with Crippen molar-refractivity contribution in [2.24, 2.45) is 11.3 Å². The van der Waals surface area contributed by atoms with Gasteiger partial charge in [0.2, 0.25) is 0 Å². The van der Waals surface area contributed by atoms with Crippen LogP contribution in [0.3, 0.4) is 0 Å². The van der Waals surface area contributed by atoms with Crippen molar-refractivity contribution in [1.82, 2.24) is 5.32 Å². The number of benzene rings is 1. The summed E-state index contributed by atoms with van der Waals surface area (Å²) in [6.45, 7) is 6.11. The molecule has 1 aromatic rings. The summed E-state index contributed by atoms with van der Waals surface area (Å²) in [6.07, 6.45) is 0.757. The maximum atomic E-state index is 10.0. The second-order valence-corrected chi connectivity index (χ2v) is 5.99. The predicted molar refractivity (Wildman–Crippen MR) is 71.2 cm³/mol. The summed E-state index contributed by atoms with van der Waals surface area (Å²) < 4.78 is 0.